The molecule has 3 aromatic heterocycles. The van der Waals surface area contributed by atoms with E-state index in [1.54, 1.807) is 32.7 Å². The molecule has 0 aliphatic rings. The van der Waals surface area contributed by atoms with Gasteiger partial charge in [0.25, 0.3) is 0 Å². The lowest BCUT2D eigenvalue weighted by Crippen LogP contribution is -2.01. The second-order valence-electron chi connectivity index (χ2n) is 7.79. The van der Waals surface area contributed by atoms with Crippen LogP contribution in [0.3, 0.4) is 0 Å². The Morgan fingerprint density at radius 3 is 2.59 bits per heavy atom. The number of fused-ring (bicyclic) bond motifs is 1. The molecule has 0 fully saturated rings. The highest BCUT2D eigenvalue weighted by Crippen LogP contribution is 2.33. The second kappa shape index (κ2) is 8.51. The summed E-state index contributed by atoms with van der Waals surface area (Å²) in [5, 5.41) is 3.32. The first kappa shape index (κ1) is 21.4. The summed E-state index contributed by atoms with van der Waals surface area (Å²) in [5.74, 6) is 1.73. The number of imidazole rings is 2. The van der Waals surface area contributed by atoms with Crippen molar-refractivity contribution < 1.29 is 13.9 Å². The number of rotatable bonds is 6. The van der Waals surface area contributed by atoms with Crippen molar-refractivity contribution in [1.82, 2.24) is 24.1 Å². The average Bonchev–Trinajstić information content (AvgIpc) is 3.43. The smallest absolute Gasteiger partial charge is 0.240 e. The Balaban J connectivity index is 1.55. The molecule has 0 unspecified atom stereocenters. The summed E-state index contributed by atoms with van der Waals surface area (Å²) in [7, 11) is 4.98. The van der Waals surface area contributed by atoms with Gasteiger partial charge in [0.1, 0.15) is 34.4 Å². The van der Waals surface area contributed by atoms with E-state index in [1.165, 1.54) is 6.07 Å². The van der Waals surface area contributed by atoms with E-state index in [1.807, 2.05) is 59.6 Å². The molecule has 0 saturated carbocycles. The number of methoxy groups -OCH3 is 2. The predicted molar refractivity (Wildman–Crippen MR) is 129 cm³/mol. The molecular weight excluding hydrogens is 435 g/mol. The Labute approximate surface area is 195 Å². The van der Waals surface area contributed by atoms with Crippen LogP contribution in [0.25, 0.3) is 28.1 Å². The number of anilines is 2. The van der Waals surface area contributed by atoms with E-state index >= 15 is 0 Å². The third-order valence-corrected chi connectivity index (χ3v) is 5.61. The van der Waals surface area contributed by atoms with Gasteiger partial charge in [0.2, 0.25) is 5.88 Å². The number of nitrogens with zero attached hydrogens (tertiary/aromatic N) is 5. The molecular formula is C25H23FN6O2. The molecule has 2 aromatic carbocycles. The molecule has 0 aliphatic carbocycles. The maximum atomic E-state index is 14.7. The summed E-state index contributed by atoms with van der Waals surface area (Å²) < 4.78 is 29.2. The molecule has 5 aromatic rings. The highest BCUT2D eigenvalue weighted by Gasteiger charge is 2.17. The van der Waals surface area contributed by atoms with Crippen LogP contribution < -0.4 is 14.8 Å². The van der Waals surface area contributed by atoms with Crippen molar-refractivity contribution in [1.29, 1.82) is 0 Å². The van der Waals surface area contributed by atoms with Crippen LogP contribution in [-0.4, -0.2) is 38.3 Å². The summed E-state index contributed by atoms with van der Waals surface area (Å²) >= 11 is 0. The normalized spacial score (nSPS) is 11.1. The van der Waals surface area contributed by atoms with Gasteiger partial charge in [-0.3, -0.25) is 0 Å². The zero-order chi connectivity index (χ0) is 23.8. The maximum Gasteiger partial charge on any atom is 0.240 e. The topological polar surface area (TPSA) is 79.0 Å². The van der Waals surface area contributed by atoms with Gasteiger partial charge in [-0.25, -0.2) is 14.4 Å². The van der Waals surface area contributed by atoms with E-state index in [2.05, 4.69) is 15.3 Å². The van der Waals surface area contributed by atoms with Crippen molar-refractivity contribution >= 4 is 22.5 Å². The van der Waals surface area contributed by atoms with Gasteiger partial charge in [0.15, 0.2) is 0 Å². The van der Waals surface area contributed by atoms with Gasteiger partial charge in [-0.2, -0.15) is 4.98 Å². The van der Waals surface area contributed by atoms with Crippen LogP contribution in [0, 0.1) is 12.7 Å². The lowest BCUT2D eigenvalue weighted by Gasteiger charge is -2.11. The van der Waals surface area contributed by atoms with Gasteiger partial charge >= 0.3 is 0 Å². The Morgan fingerprint density at radius 1 is 1.00 bits per heavy atom. The van der Waals surface area contributed by atoms with Crippen LogP contribution >= 0.6 is 0 Å². The fourth-order valence-electron chi connectivity index (χ4n) is 3.90. The van der Waals surface area contributed by atoms with Gasteiger partial charge in [0, 0.05) is 13.2 Å². The first-order valence-electron chi connectivity index (χ1n) is 10.6. The van der Waals surface area contributed by atoms with Crippen molar-refractivity contribution in [3.63, 3.8) is 0 Å². The van der Waals surface area contributed by atoms with Gasteiger partial charge < -0.3 is 23.9 Å². The summed E-state index contributed by atoms with van der Waals surface area (Å²) in [4.78, 5) is 13.6. The number of aryl methyl sites for hydroxylation is 2. The number of benzene rings is 2. The third kappa shape index (κ3) is 3.71. The number of aromatic nitrogens is 5. The fourth-order valence-corrected chi connectivity index (χ4v) is 3.90. The number of hydrogen-bond acceptors (Lipinski definition) is 6. The Kier molecular flexibility index (Phi) is 5.37. The lowest BCUT2D eigenvalue weighted by molar-refractivity contribution is 0.396. The molecule has 0 atom stereocenters. The minimum Gasteiger partial charge on any atom is -0.497 e. The van der Waals surface area contributed by atoms with Crippen LogP contribution in [0.2, 0.25) is 0 Å². The predicted octanol–water partition coefficient (Wildman–Crippen LogP) is 5.03. The van der Waals surface area contributed by atoms with E-state index in [0.717, 1.165) is 22.6 Å². The van der Waals surface area contributed by atoms with E-state index in [4.69, 9.17) is 14.5 Å². The SMILES string of the molecule is COc1ccc(F)c(-c2nc3c(Nc4ccc(-n5cnc(C)c5)c(OC)n4)cccc3n2C)c1. The third-order valence-electron chi connectivity index (χ3n) is 5.61. The number of para-hydroxylation sites is 1. The van der Waals surface area contributed by atoms with Crippen LogP contribution in [0.4, 0.5) is 15.9 Å². The second-order valence-corrected chi connectivity index (χ2v) is 7.79. The van der Waals surface area contributed by atoms with Gasteiger partial charge in [-0.1, -0.05) is 6.07 Å². The largest absolute Gasteiger partial charge is 0.497 e. The quantitative estimate of drug-likeness (QED) is 0.385. The van der Waals surface area contributed by atoms with Crippen LogP contribution in [-0.2, 0) is 7.05 Å². The number of pyridine rings is 1. The van der Waals surface area contributed by atoms with Gasteiger partial charge in [-0.15, -0.1) is 0 Å². The molecule has 0 bridgehead atoms. The highest BCUT2D eigenvalue weighted by molar-refractivity contribution is 5.92. The first-order valence-corrected chi connectivity index (χ1v) is 10.6. The number of ether oxygens (including phenoxy) is 2. The zero-order valence-electron chi connectivity index (χ0n) is 19.2. The van der Waals surface area contributed by atoms with Crippen LogP contribution in [0.5, 0.6) is 11.6 Å². The molecule has 34 heavy (non-hydrogen) atoms. The van der Waals surface area contributed by atoms with Gasteiger partial charge in [-0.05, 0) is 49.4 Å². The monoisotopic (exact) mass is 458 g/mol. The van der Waals surface area contributed by atoms with E-state index in [-0.39, 0.29) is 5.82 Å². The molecule has 0 spiro atoms. The summed E-state index contributed by atoms with van der Waals surface area (Å²) in [6.45, 7) is 1.92. The van der Waals surface area contributed by atoms with Gasteiger partial charge in [0.05, 0.1) is 43.0 Å². The average molecular weight is 458 g/mol. The van der Waals surface area contributed by atoms with Crippen LogP contribution in [0.1, 0.15) is 5.69 Å². The van der Waals surface area contributed by atoms with Crippen molar-refractivity contribution in [2.75, 3.05) is 19.5 Å². The number of hydrogen-bond donors (Lipinski definition) is 1. The van der Waals surface area contributed by atoms with Crippen molar-refractivity contribution in [3.05, 3.63) is 72.6 Å². The van der Waals surface area contributed by atoms with Crippen molar-refractivity contribution in [2.24, 2.45) is 7.05 Å². The molecule has 8 nitrogen and oxygen atoms in total. The molecule has 172 valence electrons. The summed E-state index contributed by atoms with van der Waals surface area (Å²) in [6.07, 6.45) is 3.62. The molecule has 0 radical (unpaired) electrons. The minimum atomic E-state index is -0.370. The zero-order valence-corrected chi connectivity index (χ0v) is 19.2. The fraction of sp³-hybridized carbons (Fsp3) is 0.160. The maximum absolute atomic E-state index is 14.7. The molecule has 5 rings (SSSR count). The number of halogens is 1. The molecule has 3 heterocycles. The minimum absolute atomic E-state index is 0.365. The molecule has 0 saturated heterocycles. The Bertz CT molecular complexity index is 1510. The summed E-state index contributed by atoms with van der Waals surface area (Å²) in [5.41, 5.74) is 4.32. The first-order chi connectivity index (χ1) is 16.5. The van der Waals surface area contributed by atoms with Crippen molar-refractivity contribution in [3.8, 4) is 28.7 Å². The molecule has 0 aliphatic heterocycles. The van der Waals surface area contributed by atoms with Crippen molar-refractivity contribution in [2.45, 2.75) is 6.92 Å². The van der Waals surface area contributed by atoms with E-state index in [9.17, 15) is 4.39 Å². The molecule has 9 heteroatoms. The van der Waals surface area contributed by atoms with E-state index in [0.29, 0.717) is 34.4 Å². The summed E-state index contributed by atoms with van der Waals surface area (Å²) in [6, 6.07) is 14.1. The molecule has 0 amide bonds. The lowest BCUT2D eigenvalue weighted by atomic mass is 10.2. The standard InChI is InChI=1S/C25H23FN6O2/c1-15-13-32(14-27-15)21-10-11-22(29-25(21)34-4)28-19-6-5-7-20-23(19)30-24(31(20)2)17-12-16(33-3)8-9-18(17)26/h5-14H,1-4H3,(H,28,29). The van der Waals surface area contributed by atoms with Crippen LogP contribution in [0.15, 0.2) is 61.1 Å². The Hall–Kier alpha value is -4.40. The molecule has 1 N–H and O–H groups in total. The Morgan fingerprint density at radius 2 is 1.85 bits per heavy atom. The number of nitrogens with one attached hydrogen (secondary N) is 1. The highest BCUT2D eigenvalue weighted by atomic mass is 19.1. The van der Waals surface area contributed by atoms with E-state index < -0.39 is 0 Å².